The van der Waals surface area contributed by atoms with Crippen molar-refractivity contribution in [3.05, 3.63) is 35.9 Å². The SMILES string of the molecule is CSC(CN)c1ccccc1. The van der Waals surface area contributed by atoms with E-state index in [4.69, 9.17) is 5.73 Å². The summed E-state index contributed by atoms with van der Waals surface area (Å²) < 4.78 is 0. The van der Waals surface area contributed by atoms with Gasteiger partial charge in [-0.2, -0.15) is 11.8 Å². The molecule has 0 heterocycles. The van der Waals surface area contributed by atoms with Crippen LogP contribution in [0.1, 0.15) is 10.8 Å². The van der Waals surface area contributed by atoms with Gasteiger partial charge in [0.25, 0.3) is 0 Å². The van der Waals surface area contributed by atoms with Crippen LogP contribution in [0.4, 0.5) is 0 Å². The predicted octanol–water partition coefficient (Wildman–Crippen LogP) is 2.05. The second-order valence-electron chi connectivity index (χ2n) is 2.37. The molecule has 0 aliphatic heterocycles. The molecule has 0 saturated heterocycles. The van der Waals surface area contributed by atoms with Gasteiger partial charge < -0.3 is 5.73 Å². The first-order valence-electron chi connectivity index (χ1n) is 3.66. The fourth-order valence-electron chi connectivity index (χ4n) is 1.04. The number of hydrogen-bond donors (Lipinski definition) is 1. The van der Waals surface area contributed by atoms with Gasteiger partial charge in [-0.3, -0.25) is 0 Å². The Labute approximate surface area is 72.0 Å². The highest BCUT2D eigenvalue weighted by Crippen LogP contribution is 2.24. The van der Waals surface area contributed by atoms with Gasteiger partial charge in [0, 0.05) is 11.8 Å². The van der Waals surface area contributed by atoms with E-state index in [0.29, 0.717) is 11.8 Å². The average Bonchev–Trinajstić information content (AvgIpc) is 2.09. The minimum Gasteiger partial charge on any atom is -0.329 e. The van der Waals surface area contributed by atoms with Gasteiger partial charge in [-0.25, -0.2) is 0 Å². The van der Waals surface area contributed by atoms with E-state index in [2.05, 4.69) is 18.4 Å². The van der Waals surface area contributed by atoms with Crippen molar-refractivity contribution < 1.29 is 0 Å². The Morgan fingerprint density at radius 3 is 2.45 bits per heavy atom. The maximum Gasteiger partial charge on any atom is 0.0416 e. The molecule has 0 aliphatic rings. The lowest BCUT2D eigenvalue weighted by Gasteiger charge is -2.10. The van der Waals surface area contributed by atoms with Crippen LogP contribution in [0.5, 0.6) is 0 Å². The molecule has 60 valence electrons. The predicted molar refractivity (Wildman–Crippen MR) is 51.8 cm³/mol. The summed E-state index contributed by atoms with van der Waals surface area (Å²) in [7, 11) is 0. The van der Waals surface area contributed by atoms with E-state index in [-0.39, 0.29) is 0 Å². The smallest absolute Gasteiger partial charge is 0.0416 e. The molecule has 0 spiro atoms. The number of nitrogens with two attached hydrogens (primary N) is 1. The second-order valence-corrected chi connectivity index (χ2v) is 3.41. The molecule has 1 atom stereocenters. The monoisotopic (exact) mass is 167 g/mol. The van der Waals surface area contributed by atoms with Crippen molar-refractivity contribution in [2.45, 2.75) is 5.25 Å². The van der Waals surface area contributed by atoms with Crippen molar-refractivity contribution in [1.82, 2.24) is 0 Å². The molecule has 0 fully saturated rings. The summed E-state index contributed by atoms with van der Waals surface area (Å²) in [6, 6.07) is 10.4. The van der Waals surface area contributed by atoms with Gasteiger partial charge in [0.15, 0.2) is 0 Å². The van der Waals surface area contributed by atoms with Gasteiger partial charge >= 0.3 is 0 Å². The van der Waals surface area contributed by atoms with Crippen LogP contribution in [0.25, 0.3) is 0 Å². The van der Waals surface area contributed by atoms with Gasteiger partial charge in [-0.1, -0.05) is 30.3 Å². The molecular formula is C9H13NS. The Kier molecular flexibility index (Phi) is 3.46. The largest absolute Gasteiger partial charge is 0.329 e. The van der Waals surface area contributed by atoms with Gasteiger partial charge in [-0.15, -0.1) is 0 Å². The Hall–Kier alpha value is -0.470. The summed E-state index contributed by atoms with van der Waals surface area (Å²) in [5, 5.41) is 0.455. The third kappa shape index (κ3) is 2.24. The van der Waals surface area contributed by atoms with E-state index in [0.717, 1.165) is 0 Å². The molecule has 2 N–H and O–H groups in total. The Balaban J connectivity index is 2.74. The van der Waals surface area contributed by atoms with Crippen LogP contribution in [-0.4, -0.2) is 12.8 Å². The van der Waals surface area contributed by atoms with E-state index < -0.39 is 0 Å². The topological polar surface area (TPSA) is 26.0 Å². The van der Waals surface area contributed by atoms with E-state index in [1.54, 1.807) is 11.8 Å². The van der Waals surface area contributed by atoms with E-state index >= 15 is 0 Å². The number of thioether (sulfide) groups is 1. The molecule has 0 saturated carbocycles. The lowest BCUT2D eigenvalue weighted by atomic mass is 10.1. The van der Waals surface area contributed by atoms with Crippen molar-refractivity contribution in [2.75, 3.05) is 12.8 Å². The lowest BCUT2D eigenvalue weighted by molar-refractivity contribution is 0.945. The third-order valence-electron chi connectivity index (χ3n) is 1.67. The molecule has 0 radical (unpaired) electrons. The van der Waals surface area contributed by atoms with Crippen LogP contribution < -0.4 is 5.73 Å². The molecular weight excluding hydrogens is 154 g/mol. The average molecular weight is 167 g/mol. The van der Waals surface area contributed by atoms with Crippen molar-refractivity contribution in [2.24, 2.45) is 5.73 Å². The molecule has 1 rings (SSSR count). The number of benzene rings is 1. The minimum absolute atomic E-state index is 0.455. The molecule has 2 heteroatoms. The number of rotatable bonds is 3. The summed E-state index contributed by atoms with van der Waals surface area (Å²) in [5.41, 5.74) is 6.92. The van der Waals surface area contributed by atoms with Crippen molar-refractivity contribution >= 4 is 11.8 Å². The van der Waals surface area contributed by atoms with E-state index in [1.165, 1.54) is 5.56 Å². The maximum absolute atomic E-state index is 5.59. The van der Waals surface area contributed by atoms with Crippen molar-refractivity contribution in [1.29, 1.82) is 0 Å². The first kappa shape index (κ1) is 8.62. The normalized spacial score (nSPS) is 12.9. The number of hydrogen-bond acceptors (Lipinski definition) is 2. The molecule has 0 aliphatic carbocycles. The van der Waals surface area contributed by atoms with Crippen LogP contribution in [0.3, 0.4) is 0 Å². The molecule has 11 heavy (non-hydrogen) atoms. The first-order chi connectivity index (χ1) is 5.38. The lowest BCUT2D eigenvalue weighted by Crippen LogP contribution is -2.08. The quantitative estimate of drug-likeness (QED) is 0.745. The zero-order chi connectivity index (χ0) is 8.10. The summed E-state index contributed by atoms with van der Waals surface area (Å²) in [6.45, 7) is 0.713. The van der Waals surface area contributed by atoms with Crippen LogP contribution in [-0.2, 0) is 0 Å². The van der Waals surface area contributed by atoms with Crippen LogP contribution >= 0.6 is 11.8 Å². The molecule has 1 aromatic rings. The molecule has 1 nitrogen and oxygen atoms in total. The summed E-state index contributed by atoms with van der Waals surface area (Å²) in [6.07, 6.45) is 2.09. The molecule has 1 unspecified atom stereocenters. The van der Waals surface area contributed by atoms with Gasteiger partial charge in [0.05, 0.1) is 0 Å². The summed E-state index contributed by atoms with van der Waals surface area (Å²) in [4.78, 5) is 0. The van der Waals surface area contributed by atoms with Crippen molar-refractivity contribution in [3.63, 3.8) is 0 Å². The summed E-state index contributed by atoms with van der Waals surface area (Å²) >= 11 is 1.80. The standard InChI is InChI=1S/C9H13NS/c1-11-9(7-10)8-5-3-2-4-6-8/h2-6,9H,7,10H2,1H3. The fraction of sp³-hybridized carbons (Fsp3) is 0.333. The third-order valence-corrected chi connectivity index (χ3v) is 2.70. The fourth-order valence-corrected chi connectivity index (χ4v) is 1.66. The van der Waals surface area contributed by atoms with Crippen LogP contribution in [0.15, 0.2) is 30.3 Å². The van der Waals surface area contributed by atoms with Gasteiger partial charge in [0.1, 0.15) is 0 Å². The van der Waals surface area contributed by atoms with E-state index in [1.807, 2.05) is 18.2 Å². The Bertz CT molecular complexity index is 194. The highest BCUT2D eigenvalue weighted by molar-refractivity contribution is 7.98. The Morgan fingerprint density at radius 2 is 2.00 bits per heavy atom. The second kappa shape index (κ2) is 4.42. The van der Waals surface area contributed by atoms with Crippen molar-refractivity contribution in [3.8, 4) is 0 Å². The zero-order valence-electron chi connectivity index (χ0n) is 6.66. The highest BCUT2D eigenvalue weighted by atomic mass is 32.2. The summed E-state index contributed by atoms with van der Waals surface area (Å²) in [5.74, 6) is 0. The first-order valence-corrected chi connectivity index (χ1v) is 4.95. The molecule has 0 amide bonds. The van der Waals surface area contributed by atoms with Gasteiger partial charge in [-0.05, 0) is 11.8 Å². The van der Waals surface area contributed by atoms with E-state index in [9.17, 15) is 0 Å². The maximum atomic E-state index is 5.59. The zero-order valence-corrected chi connectivity index (χ0v) is 7.47. The minimum atomic E-state index is 0.455. The van der Waals surface area contributed by atoms with Crippen LogP contribution in [0.2, 0.25) is 0 Å². The Morgan fingerprint density at radius 1 is 1.36 bits per heavy atom. The molecule has 1 aromatic carbocycles. The highest BCUT2D eigenvalue weighted by Gasteiger charge is 2.05. The molecule has 0 bridgehead atoms. The van der Waals surface area contributed by atoms with Crippen LogP contribution in [0, 0.1) is 0 Å². The molecule has 0 aromatic heterocycles. The van der Waals surface area contributed by atoms with Gasteiger partial charge in [0.2, 0.25) is 0 Å².